The molecule has 0 N–H and O–H groups in total. The first-order valence-corrected chi connectivity index (χ1v) is 18.0. The van der Waals surface area contributed by atoms with Crippen molar-refractivity contribution in [1.29, 1.82) is 0 Å². The second kappa shape index (κ2) is 9.94. The van der Waals surface area contributed by atoms with E-state index in [0.29, 0.717) is 11.5 Å². The lowest BCUT2D eigenvalue weighted by atomic mass is 9.81. The van der Waals surface area contributed by atoms with Crippen LogP contribution in [-0.4, -0.2) is 45.3 Å². The summed E-state index contributed by atoms with van der Waals surface area (Å²) >= 11 is 0. The fraction of sp³-hybridized carbons (Fsp3) is 0.419. The Morgan fingerprint density at radius 2 is 1.71 bits per heavy atom. The number of hydrogen-bond donors (Lipinski definition) is 0. The van der Waals surface area contributed by atoms with Crippen molar-refractivity contribution in [1.82, 2.24) is 8.87 Å². The molecule has 0 amide bonds. The van der Waals surface area contributed by atoms with Gasteiger partial charge in [0, 0.05) is 42.6 Å². The maximum Gasteiger partial charge on any atom is 0.268 e. The molecule has 0 fully saturated rings. The van der Waals surface area contributed by atoms with Crippen molar-refractivity contribution in [2.24, 2.45) is 5.92 Å². The van der Waals surface area contributed by atoms with Crippen molar-refractivity contribution in [2.45, 2.75) is 63.2 Å². The number of benzene rings is 2. The third-order valence-corrected chi connectivity index (χ3v) is 14.9. The SMILES string of the molecule is CCC1=CC2C=Cc3c(c4ccccc4n3S(=O)(=O)c3ccccc3)[C@@H]2N(CCO[Si](C)(C)C(C)(C)C)C1. The van der Waals surface area contributed by atoms with Crippen molar-refractivity contribution in [3.8, 4) is 0 Å². The third-order valence-electron chi connectivity index (χ3n) is 8.66. The van der Waals surface area contributed by atoms with Crippen LogP contribution in [0.2, 0.25) is 18.1 Å². The van der Waals surface area contributed by atoms with Crippen molar-refractivity contribution >= 4 is 35.3 Å². The van der Waals surface area contributed by atoms with E-state index in [1.165, 1.54) is 5.57 Å². The number of nitrogens with zero attached hydrogens (tertiary/aromatic N) is 2. The summed E-state index contributed by atoms with van der Waals surface area (Å²) in [5.74, 6) is 0.192. The molecule has 1 aromatic heterocycles. The molecule has 0 spiro atoms. The Labute approximate surface area is 229 Å². The fourth-order valence-electron chi connectivity index (χ4n) is 5.52. The van der Waals surface area contributed by atoms with Crippen molar-refractivity contribution in [2.75, 3.05) is 19.7 Å². The largest absolute Gasteiger partial charge is 0.416 e. The minimum absolute atomic E-state index is 0.0606. The summed E-state index contributed by atoms with van der Waals surface area (Å²) in [6, 6.07) is 16.7. The lowest BCUT2D eigenvalue weighted by molar-refractivity contribution is 0.138. The van der Waals surface area contributed by atoms with Crippen LogP contribution in [0, 0.1) is 5.92 Å². The molecule has 1 unspecified atom stereocenters. The zero-order valence-electron chi connectivity index (χ0n) is 23.4. The molecule has 1 aliphatic carbocycles. The van der Waals surface area contributed by atoms with Gasteiger partial charge >= 0.3 is 0 Å². The molecule has 0 saturated carbocycles. The van der Waals surface area contributed by atoms with Crippen LogP contribution < -0.4 is 0 Å². The number of hydrogen-bond acceptors (Lipinski definition) is 4. The van der Waals surface area contributed by atoms with E-state index in [0.717, 1.165) is 41.7 Å². The number of aromatic nitrogens is 1. The van der Waals surface area contributed by atoms with Crippen LogP contribution in [0.15, 0.2) is 77.2 Å². The predicted molar refractivity (Wildman–Crippen MR) is 159 cm³/mol. The topological polar surface area (TPSA) is 51.5 Å². The first-order chi connectivity index (χ1) is 18.0. The minimum atomic E-state index is -3.77. The summed E-state index contributed by atoms with van der Waals surface area (Å²) in [7, 11) is -5.65. The summed E-state index contributed by atoms with van der Waals surface area (Å²) in [5.41, 5.74) is 4.02. The van der Waals surface area contributed by atoms with Crippen molar-refractivity contribution < 1.29 is 12.8 Å². The van der Waals surface area contributed by atoms with E-state index in [1.807, 2.05) is 30.3 Å². The lowest BCUT2D eigenvalue weighted by Gasteiger charge is -2.42. The highest BCUT2D eigenvalue weighted by atomic mass is 32.2. The van der Waals surface area contributed by atoms with Crippen LogP contribution in [0.25, 0.3) is 17.0 Å². The molecule has 38 heavy (non-hydrogen) atoms. The molecule has 0 radical (unpaired) electrons. The standard InChI is InChI=1S/C31H40N2O3SSi/c1-7-23-21-24-17-18-28-29(30(24)32(22-23)19-20-36-38(5,6)31(2,3)4)26-15-11-12-16-27(26)33(28)37(34,35)25-13-9-8-10-14-25/h8-18,21,24,30H,7,19-20,22H2,1-6H3/t24?,30-/m1/s1. The zero-order valence-corrected chi connectivity index (χ0v) is 25.3. The summed E-state index contributed by atoms with van der Waals surface area (Å²) in [5, 5.41) is 1.16. The molecule has 7 heteroatoms. The van der Waals surface area contributed by atoms with Gasteiger partial charge in [-0.3, -0.25) is 4.90 Å². The Balaban J connectivity index is 1.61. The van der Waals surface area contributed by atoms with E-state index in [1.54, 1.807) is 28.2 Å². The van der Waals surface area contributed by atoms with Crippen molar-refractivity contribution in [3.63, 3.8) is 0 Å². The molecule has 202 valence electrons. The van der Waals surface area contributed by atoms with Crippen LogP contribution >= 0.6 is 0 Å². The van der Waals surface area contributed by atoms with Gasteiger partial charge in [-0.2, -0.15) is 0 Å². The van der Waals surface area contributed by atoms with Gasteiger partial charge in [0.15, 0.2) is 8.32 Å². The Kier molecular flexibility index (Phi) is 7.09. The maximum absolute atomic E-state index is 14.0. The highest BCUT2D eigenvalue weighted by Gasteiger charge is 2.40. The van der Waals surface area contributed by atoms with Gasteiger partial charge in [-0.1, -0.05) is 81.8 Å². The molecule has 2 aliphatic rings. The molecule has 2 heterocycles. The van der Waals surface area contributed by atoms with Gasteiger partial charge in [0.2, 0.25) is 0 Å². The summed E-state index contributed by atoms with van der Waals surface area (Å²) < 4.78 is 36.1. The van der Waals surface area contributed by atoms with Gasteiger partial charge < -0.3 is 4.43 Å². The third kappa shape index (κ3) is 4.64. The Hall–Kier alpha value is -2.45. The Morgan fingerprint density at radius 3 is 2.39 bits per heavy atom. The van der Waals surface area contributed by atoms with Gasteiger partial charge in [0.25, 0.3) is 10.0 Å². The summed E-state index contributed by atoms with van der Waals surface area (Å²) in [6.07, 6.45) is 7.62. The van der Waals surface area contributed by atoms with E-state index in [-0.39, 0.29) is 17.0 Å². The number of fused-ring (bicyclic) bond motifs is 5. The summed E-state index contributed by atoms with van der Waals surface area (Å²) in [6.45, 7) is 16.0. The molecule has 2 aromatic carbocycles. The quantitative estimate of drug-likeness (QED) is 0.231. The average molecular weight is 549 g/mol. The van der Waals surface area contributed by atoms with Crippen LogP contribution in [0.1, 0.15) is 51.4 Å². The van der Waals surface area contributed by atoms with E-state index in [9.17, 15) is 8.42 Å². The highest BCUT2D eigenvalue weighted by molar-refractivity contribution is 7.90. The van der Waals surface area contributed by atoms with Gasteiger partial charge in [0.1, 0.15) is 0 Å². The van der Waals surface area contributed by atoms with Gasteiger partial charge in [-0.15, -0.1) is 0 Å². The Bertz CT molecular complexity index is 1500. The molecular weight excluding hydrogens is 509 g/mol. The minimum Gasteiger partial charge on any atom is -0.416 e. The van der Waals surface area contributed by atoms with Gasteiger partial charge in [-0.25, -0.2) is 12.4 Å². The molecule has 5 nitrogen and oxygen atoms in total. The summed E-state index contributed by atoms with van der Waals surface area (Å²) in [4.78, 5) is 2.82. The van der Waals surface area contributed by atoms with Crippen molar-refractivity contribution in [3.05, 3.63) is 83.6 Å². The number of para-hydroxylation sites is 1. The van der Waals surface area contributed by atoms with Crippen LogP contribution in [0.5, 0.6) is 0 Å². The first kappa shape index (κ1) is 27.1. The normalized spacial score (nSPS) is 20.3. The molecular formula is C31H40N2O3SSi. The molecule has 0 bridgehead atoms. The van der Waals surface area contributed by atoms with Gasteiger partial charge in [0.05, 0.1) is 16.1 Å². The van der Waals surface area contributed by atoms with E-state index in [4.69, 9.17) is 4.43 Å². The zero-order chi connectivity index (χ0) is 27.3. The lowest BCUT2D eigenvalue weighted by Crippen LogP contribution is -2.45. The van der Waals surface area contributed by atoms with E-state index in [2.05, 4.69) is 63.9 Å². The van der Waals surface area contributed by atoms with E-state index >= 15 is 0 Å². The average Bonchev–Trinajstić information content (AvgIpc) is 3.23. The van der Waals surface area contributed by atoms with Crippen LogP contribution in [0.4, 0.5) is 0 Å². The monoisotopic (exact) mass is 548 g/mol. The maximum atomic E-state index is 14.0. The highest BCUT2D eigenvalue weighted by Crippen LogP contribution is 2.46. The molecule has 0 saturated heterocycles. The molecule has 2 atom stereocenters. The Morgan fingerprint density at radius 1 is 1.03 bits per heavy atom. The molecule has 1 aliphatic heterocycles. The predicted octanol–water partition coefficient (Wildman–Crippen LogP) is 7.24. The second-order valence-electron chi connectivity index (χ2n) is 12.0. The fourth-order valence-corrected chi connectivity index (χ4v) is 8.10. The smallest absolute Gasteiger partial charge is 0.268 e. The van der Waals surface area contributed by atoms with Crippen LogP contribution in [0.3, 0.4) is 0 Å². The second-order valence-corrected chi connectivity index (χ2v) is 18.6. The molecule has 5 rings (SSSR count). The van der Waals surface area contributed by atoms with E-state index < -0.39 is 18.3 Å². The number of rotatable bonds is 7. The molecule has 3 aromatic rings. The first-order valence-electron chi connectivity index (χ1n) is 13.7. The van der Waals surface area contributed by atoms with Crippen LogP contribution in [-0.2, 0) is 14.4 Å². The van der Waals surface area contributed by atoms with Gasteiger partial charge in [-0.05, 0) is 48.8 Å².